The molecule has 3 amide bonds. The molecule has 0 saturated heterocycles. The number of nitrogens with one attached hydrogen (secondary N) is 5. The van der Waals surface area contributed by atoms with Crippen molar-refractivity contribution in [3.05, 3.63) is 95.7 Å². The van der Waals surface area contributed by atoms with E-state index in [1.807, 2.05) is 24.3 Å². The third-order valence-electron chi connectivity index (χ3n) is 5.80. The zero-order valence-electron chi connectivity index (χ0n) is 19.4. The highest BCUT2D eigenvalue weighted by Gasteiger charge is 2.30. The van der Waals surface area contributed by atoms with Crippen molar-refractivity contribution >= 4 is 45.9 Å². The number of halogens is 3. The number of anilines is 5. The van der Waals surface area contributed by atoms with Crippen LogP contribution in [-0.4, -0.2) is 18.5 Å². The Morgan fingerprint density at radius 1 is 0.892 bits per heavy atom. The number of hydrogen-bond acceptors (Lipinski definition) is 4. The molecule has 2 aliphatic heterocycles. The lowest BCUT2D eigenvalue weighted by atomic mass is 10.1. The minimum Gasteiger partial charge on any atom is -0.385 e. The van der Waals surface area contributed by atoms with E-state index in [4.69, 9.17) is 0 Å². The van der Waals surface area contributed by atoms with E-state index in [2.05, 4.69) is 32.7 Å². The van der Waals surface area contributed by atoms with Gasteiger partial charge in [0.2, 0.25) is 0 Å². The first-order valence-corrected chi connectivity index (χ1v) is 11.5. The van der Waals surface area contributed by atoms with E-state index in [0.717, 1.165) is 42.0 Å². The third-order valence-corrected chi connectivity index (χ3v) is 5.80. The number of hydrogen-bond donors (Lipinski definition) is 5. The monoisotopic (exact) mass is 505 g/mol. The topological polar surface area (TPSA) is 94.3 Å². The molecule has 3 aromatic carbocycles. The number of rotatable bonds is 5. The minimum absolute atomic E-state index is 0.0233. The zero-order chi connectivity index (χ0) is 26.0. The van der Waals surface area contributed by atoms with Crippen LogP contribution in [0.4, 0.5) is 46.4 Å². The van der Waals surface area contributed by atoms with Gasteiger partial charge in [0.25, 0.3) is 5.91 Å². The van der Waals surface area contributed by atoms with E-state index in [1.165, 1.54) is 12.1 Å². The molecule has 0 saturated carbocycles. The quantitative estimate of drug-likeness (QED) is 0.263. The second-order valence-corrected chi connectivity index (χ2v) is 8.51. The summed E-state index contributed by atoms with van der Waals surface area (Å²) >= 11 is 0. The number of allylic oxidation sites excluding steroid dienone is 1. The van der Waals surface area contributed by atoms with Gasteiger partial charge < -0.3 is 26.6 Å². The predicted octanol–water partition coefficient (Wildman–Crippen LogP) is 6.31. The Hall–Kier alpha value is -4.73. The Morgan fingerprint density at radius 3 is 2.32 bits per heavy atom. The molecule has 0 aromatic heterocycles. The predicted molar refractivity (Wildman–Crippen MR) is 138 cm³/mol. The van der Waals surface area contributed by atoms with Crippen molar-refractivity contribution in [1.29, 1.82) is 0 Å². The van der Waals surface area contributed by atoms with E-state index >= 15 is 0 Å². The van der Waals surface area contributed by atoms with E-state index < -0.39 is 17.8 Å². The van der Waals surface area contributed by atoms with Gasteiger partial charge in [0.05, 0.1) is 16.8 Å². The van der Waals surface area contributed by atoms with Gasteiger partial charge in [-0.05, 0) is 61.0 Å². The molecule has 10 heteroatoms. The van der Waals surface area contributed by atoms with Gasteiger partial charge in [0.15, 0.2) is 0 Å². The maximum absolute atomic E-state index is 12.9. The molecule has 5 N–H and O–H groups in total. The fraction of sp³-hybridized carbons (Fsp3) is 0.111. The zero-order valence-corrected chi connectivity index (χ0v) is 19.4. The summed E-state index contributed by atoms with van der Waals surface area (Å²) in [7, 11) is 0. The van der Waals surface area contributed by atoms with Gasteiger partial charge in [0, 0.05) is 40.6 Å². The summed E-state index contributed by atoms with van der Waals surface area (Å²) in [5, 5.41) is 14.4. The third kappa shape index (κ3) is 5.58. The van der Waals surface area contributed by atoms with Crippen LogP contribution < -0.4 is 26.6 Å². The van der Waals surface area contributed by atoms with Crippen LogP contribution >= 0.6 is 0 Å². The lowest BCUT2D eigenvalue weighted by molar-refractivity contribution is -0.137. The Labute approximate surface area is 210 Å². The van der Waals surface area contributed by atoms with Gasteiger partial charge in [0.1, 0.15) is 0 Å². The minimum atomic E-state index is -4.50. The molecular weight excluding hydrogens is 483 g/mol. The molecule has 0 radical (unpaired) electrons. The number of urea groups is 1. The molecule has 0 atom stereocenters. The lowest BCUT2D eigenvalue weighted by Crippen LogP contribution is -2.19. The van der Waals surface area contributed by atoms with Crippen molar-refractivity contribution in [3.8, 4) is 0 Å². The second-order valence-electron chi connectivity index (χ2n) is 8.51. The first kappa shape index (κ1) is 24.0. The average molecular weight is 506 g/mol. The first-order valence-electron chi connectivity index (χ1n) is 11.5. The van der Waals surface area contributed by atoms with Crippen LogP contribution in [0.25, 0.3) is 5.57 Å². The summed E-state index contributed by atoms with van der Waals surface area (Å²) in [5.74, 6) is -0.167. The number of carbonyl (C=O) groups is 2. The molecular formula is C27H22F3N5O2. The van der Waals surface area contributed by atoms with Gasteiger partial charge in [-0.25, -0.2) is 4.79 Å². The number of amides is 3. The number of alkyl halides is 3. The highest BCUT2D eigenvalue weighted by molar-refractivity contribution is 6.32. The van der Waals surface area contributed by atoms with Gasteiger partial charge in [-0.1, -0.05) is 24.3 Å². The largest absolute Gasteiger partial charge is 0.416 e. The summed E-state index contributed by atoms with van der Waals surface area (Å²) in [6.45, 7) is 0.858. The van der Waals surface area contributed by atoms with Crippen molar-refractivity contribution in [2.75, 3.05) is 27.8 Å². The van der Waals surface area contributed by atoms with Crippen molar-refractivity contribution in [3.63, 3.8) is 0 Å². The van der Waals surface area contributed by atoms with Gasteiger partial charge in [-0.15, -0.1) is 0 Å². The molecule has 7 nitrogen and oxygen atoms in total. The van der Waals surface area contributed by atoms with Crippen molar-refractivity contribution in [1.82, 2.24) is 5.32 Å². The molecule has 0 spiro atoms. The molecule has 0 aliphatic carbocycles. The Morgan fingerprint density at radius 2 is 1.59 bits per heavy atom. The molecule has 0 unspecified atom stereocenters. The van der Waals surface area contributed by atoms with Crippen LogP contribution in [-0.2, 0) is 11.0 Å². The summed E-state index contributed by atoms with van der Waals surface area (Å²) in [6.07, 6.45) is 0.324. The van der Waals surface area contributed by atoms with Gasteiger partial charge in [-0.2, -0.15) is 13.2 Å². The van der Waals surface area contributed by atoms with Crippen molar-refractivity contribution < 1.29 is 22.8 Å². The SMILES string of the molecule is O=C(Nc1cccc(Nc2ccc3c(c2)NC(=O)/C3=C\C2=CCCN2)c1)Nc1cccc(C(F)(F)F)c1. The van der Waals surface area contributed by atoms with Crippen LogP contribution in [0.3, 0.4) is 0 Å². The molecule has 5 rings (SSSR count). The maximum Gasteiger partial charge on any atom is 0.416 e. The maximum atomic E-state index is 12.9. The second kappa shape index (κ2) is 9.73. The standard InChI is InChI=1S/C27H22F3N5O2/c28-27(29,30)16-4-1-5-18(12-16)33-26(37)34-20-7-2-6-19(13-20)32-21-9-10-22-23(14-17-8-3-11-31-17)25(36)35-24(22)15-21/h1-2,4-10,12-15,31-32H,3,11H2,(H,35,36)(H2,33,34,37)/b23-14-. The van der Waals surface area contributed by atoms with Gasteiger partial charge >= 0.3 is 12.2 Å². The molecule has 0 fully saturated rings. The van der Waals surface area contributed by atoms with E-state index in [0.29, 0.717) is 22.6 Å². The van der Waals surface area contributed by atoms with Crippen LogP contribution in [0.2, 0.25) is 0 Å². The summed E-state index contributed by atoms with van der Waals surface area (Å²) in [5.41, 5.74) is 4.03. The highest BCUT2D eigenvalue weighted by Crippen LogP contribution is 2.35. The Kier molecular flexibility index (Phi) is 6.31. The van der Waals surface area contributed by atoms with E-state index in [9.17, 15) is 22.8 Å². The average Bonchev–Trinajstić information content (AvgIpc) is 3.46. The normalized spacial score (nSPS) is 15.5. The first-order chi connectivity index (χ1) is 17.7. The summed E-state index contributed by atoms with van der Waals surface area (Å²) in [6, 6.07) is 16.1. The summed E-state index contributed by atoms with van der Waals surface area (Å²) in [4.78, 5) is 24.8. The molecule has 2 aliphatic rings. The van der Waals surface area contributed by atoms with Gasteiger partial charge in [-0.3, -0.25) is 4.79 Å². The smallest absolute Gasteiger partial charge is 0.385 e. The number of carbonyl (C=O) groups excluding carboxylic acids is 2. The molecule has 2 heterocycles. The number of benzene rings is 3. The number of fused-ring (bicyclic) bond motifs is 1. The van der Waals surface area contributed by atoms with Crippen LogP contribution in [0.5, 0.6) is 0 Å². The lowest BCUT2D eigenvalue weighted by Gasteiger charge is -2.12. The Bertz CT molecular complexity index is 1450. The molecule has 188 valence electrons. The fourth-order valence-corrected chi connectivity index (χ4v) is 4.11. The molecule has 0 bridgehead atoms. The van der Waals surface area contributed by atoms with Crippen LogP contribution in [0, 0.1) is 0 Å². The Balaban J connectivity index is 1.25. The molecule has 3 aromatic rings. The van der Waals surface area contributed by atoms with Crippen molar-refractivity contribution in [2.45, 2.75) is 12.6 Å². The van der Waals surface area contributed by atoms with Crippen LogP contribution in [0.1, 0.15) is 17.5 Å². The van der Waals surface area contributed by atoms with Crippen molar-refractivity contribution in [2.24, 2.45) is 0 Å². The van der Waals surface area contributed by atoms with E-state index in [-0.39, 0.29) is 11.6 Å². The van der Waals surface area contributed by atoms with E-state index in [1.54, 1.807) is 24.3 Å². The fourth-order valence-electron chi connectivity index (χ4n) is 4.11. The highest BCUT2D eigenvalue weighted by atomic mass is 19.4. The molecule has 37 heavy (non-hydrogen) atoms. The summed E-state index contributed by atoms with van der Waals surface area (Å²) < 4.78 is 38.7. The van der Waals surface area contributed by atoms with Crippen LogP contribution in [0.15, 0.2) is 84.6 Å².